The van der Waals surface area contributed by atoms with Gasteiger partial charge in [-0.25, -0.2) is 13.6 Å². The fourth-order valence-electron chi connectivity index (χ4n) is 2.07. The molecule has 0 heterocycles. The zero-order valence-corrected chi connectivity index (χ0v) is 12.0. The number of hydrogen-bond acceptors (Lipinski definition) is 5. The zero-order valence-electron chi connectivity index (χ0n) is 11.2. The first-order valence-electron chi connectivity index (χ1n) is 5.87. The van der Waals surface area contributed by atoms with Gasteiger partial charge in [-0.15, -0.1) is 0 Å². The minimum absolute atomic E-state index is 0.206. The number of primary sulfonamides is 1. The fraction of sp³-hybridized carbons (Fsp3) is 0.385. The number of nitriles is 2. The Kier molecular flexibility index (Phi) is 5.23. The Labute approximate surface area is 118 Å². The van der Waals surface area contributed by atoms with E-state index in [4.69, 9.17) is 20.4 Å². The molecule has 106 valence electrons. The van der Waals surface area contributed by atoms with Crippen LogP contribution in [0.25, 0.3) is 0 Å². The summed E-state index contributed by atoms with van der Waals surface area (Å²) in [6.45, 7) is 1.68. The molecule has 1 aromatic carbocycles. The van der Waals surface area contributed by atoms with Gasteiger partial charge < -0.3 is 4.74 Å². The summed E-state index contributed by atoms with van der Waals surface area (Å²) < 4.78 is 28.5. The fourth-order valence-corrected chi connectivity index (χ4v) is 3.14. The van der Waals surface area contributed by atoms with E-state index >= 15 is 0 Å². The predicted octanol–water partition coefficient (Wildman–Crippen LogP) is 1.18. The van der Waals surface area contributed by atoms with Gasteiger partial charge in [-0.1, -0.05) is 13.0 Å². The van der Waals surface area contributed by atoms with Crippen molar-refractivity contribution in [1.82, 2.24) is 0 Å². The van der Waals surface area contributed by atoms with E-state index in [0.29, 0.717) is 11.1 Å². The maximum absolute atomic E-state index is 11.6. The number of methoxy groups -OCH3 is 1. The summed E-state index contributed by atoms with van der Waals surface area (Å²) in [5, 5.41) is 22.2. The van der Waals surface area contributed by atoms with Gasteiger partial charge in [0.25, 0.3) is 0 Å². The second-order valence-corrected chi connectivity index (χ2v) is 6.00. The van der Waals surface area contributed by atoms with Crippen LogP contribution in [-0.4, -0.2) is 20.8 Å². The zero-order chi connectivity index (χ0) is 15.3. The summed E-state index contributed by atoms with van der Waals surface area (Å²) in [6, 6.07) is 8.31. The Morgan fingerprint density at radius 3 is 2.40 bits per heavy atom. The highest BCUT2D eigenvalue weighted by atomic mass is 32.2. The van der Waals surface area contributed by atoms with Gasteiger partial charge in [-0.3, -0.25) is 0 Å². The molecule has 1 rings (SSSR count). The molecule has 6 nitrogen and oxygen atoms in total. The summed E-state index contributed by atoms with van der Waals surface area (Å²) in [7, 11) is -2.46. The normalized spacial score (nSPS) is 14.1. The Hall–Kier alpha value is -1.93. The quantitative estimate of drug-likeness (QED) is 0.874. The number of benzene rings is 1. The average Bonchev–Trinajstić information content (AvgIpc) is 2.42. The third-order valence-electron chi connectivity index (χ3n) is 3.03. The number of hydrogen-bond donors (Lipinski definition) is 1. The van der Waals surface area contributed by atoms with Crippen LogP contribution in [0, 0.1) is 22.7 Å². The Bertz CT molecular complexity index is 671. The first-order chi connectivity index (χ1) is 9.38. The van der Waals surface area contributed by atoms with E-state index in [0.717, 1.165) is 0 Å². The van der Waals surface area contributed by atoms with Crippen LogP contribution in [0.5, 0.6) is 0 Å². The first-order valence-corrected chi connectivity index (χ1v) is 7.48. The van der Waals surface area contributed by atoms with Crippen molar-refractivity contribution in [2.24, 2.45) is 5.14 Å². The number of rotatable bonds is 5. The van der Waals surface area contributed by atoms with E-state index in [2.05, 4.69) is 0 Å². The van der Waals surface area contributed by atoms with Crippen molar-refractivity contribution in [3.8, 4) is 12.1 Å². The van der Waals surface area contributed by atoms with E-state index in [1.54, 1.807) is 6.92 Å². The summed E-state index contributed by atoms with van der Waals surface area (Å²) in [5.41, 5.74) is 0.941. The lowest BCUT2D eigenvalue weighted by Crippen LogP contribution is -2.34. The molecule has 0 fully saturated rings. The Morgan fingerprint density at radius 2 is 2.00 bits per heavy atom. The summed E-state index contributed by atoms with van der Waals surface area (Å²) in [6.07, 6.45) is -0.597. The highest BCUT2D eigenvalue weighted by molar-refractivity contribution is 7.89. The Morgan fingerprint density at radius 1 is 1.35 bits per heavy atom. The van der Waals surface area contributed by atoms with Crippen molar-refractivity contribution < 1.29 is 13.2 Å². The van der Waals surface area contributed by atoms with Crippen LogP contribution in [0.4, 0.5) is 0 Å². The largest absolute Gasteiger partial charge is 0.375 e. The molecule has 7 heteroatoms. The number of sulfonamides is 1. The molecule has 0 saturated heterocycles. The molecule has 0 aliphatic rings. The van der Waals surface area contributed by atoms with E-state index in [1.165, 1.54) is 25.3 Å². The molecular formula is C13H15N3O3S. The maximum Gasteiger partial charge on any atom is 0.214 e. The lowest BCUT2D eigenvalue weighted by Gasteiger charge is -2.24. The van der Waals surface area contributed by atoms with Crippen LogP contribution in [-0.2, 0) is 14.8 Å². The number of nitrogens with zero attached hydrogens (tertiary/aromatic N) is 2. The minimum atomic E-state index is -3.81. The van der Waals surface area contributed by atoms with E-state index < -0.39 is 21.4 Å². The smallest absolute Gasteiger partial charge is 0.214 e. The van der Waals surface area contributed by atoms with Crippen LogP contribution in [0.2, 0.25) is 0 Å². The van der Waals surface area contributed by atoms with Crippen molar-refractivity contribution >= 4 is 10.0 Å². The third kappa shape index (κ3) is 3.34. The maximum atomic E-state index is 11.6. The molecule has 20 heavy (non-hydrogen) atoms. The Balaban J connectivity index is 3.40. The molecule has 0 aliphatic carbocycles. The van der Waals surface area contributed by atoms with Crippen molar-refractivity contribution in [3.63, 3.8) is 0 Å². The van der Waals surface area contributed by atoms with Crippen LogP contribution >= 0.6 is 0 Å². The lowest BCUT2D eigenvalue weighted by atomic mass is 9.97. The monoisotopic (exact) mass is 293 g/mol. The average molecular weight is 293 g/mol. The summed E-state index contributed by atoms with van der Waals surface area (Å²) >= 11 is 0. The first kappa shape index (κ1) is 16.1. The number of ether oxygens (including phenoxy) is 1. The van der Waals surface area contributed by atoms with Gasteiger partial charge in [-0.05, 0) is 24.1 Å². The molecule has 0 saturated carbocycles. The molecule has 0 aliphatic heterocycles. The molecule has 1 aromatic rings. The van der Waals surface area contributed by atoms with Crippen LogP contribution in [0.3, 0.4) is 0 Å². The van der Waals surface area contributed by atoms with Gasteiger partial charge in [0, 0.05) is 7.11 Å². The SMILES string of the molecule is CC[C@H]([C@@H](OC)c1ccc(C#N)cc1C#N)S(N)(=O)=O. The van der Waals surface area contributed by atoms with Crippen LogP contribution < -0.4 is 5.14 Å². The molecule has 0 unspecified atom stereocenters. The molecular weight excluding hydrogens is 278 g/mol. The van der Waals surface area contributed by atoms with Gasteiger partial charge in [0.2, 0.25) is 10.0 Å². The second-order valence-electron chi connectivity index (χ2n) is 4.22. The van der Waals surface area contributed by atoms with Gasteiger partial charge in [-0.2, -0.15) is 10.5 Å². The van der Waals surface area contributed by atoms with Crippen LogP contribution in [0.15, 0.2) is 18.2 Å². The summed E-state index contributed by atoms with van der Waals surface area (Å²) in [4.78, 5) is 0. The molecule has 0 spiro atoms. The van der Waals surface area contributed by atoms with Crippen molar-refractivity contribution in [3.05, 3.63) is 34.9 Å². The van der Waals surface area contributed by atoms with E-state index in [9.17, 15) is 8.42 Å². The lowest BCUT2D eigenvalue weighted by molar-refractivity contribution is 0.0973. The summed E-state index contributed by atoms with van der Waals surface area (Å²) in [5.74, 6) is 0. The van der Waals surface area contributed by atoms with Crippen molar-refractivity contribution in [2.75, 3.05) is 7.11 Å². The standard InChI is InChI=1S/C13H15N3O3S/c1-3-12(20(16,17)18)13(19-2)11-5-4-9(7-14)6-10(11)8-15/h4-6,12-13H,3H2,1-2H3,(H2,16,17,18)/t12-,13+/m1/s1. The minimum Gasteiger partial charge on any atom is -0.375 e. The third-order valence-corrected chi connectivity index (χ3v) is 4.45. The topological polar surface area (TPSA) is 117 Å². The van der Waals surface area contributed by atoms with Gasteiger partial charge in [0.05, 0.1) is 23.3 Å². The van der Waals surface area contributed by atoms with Gasteiger partial charge in [0.1, 0.15) is 11.4 Å². The van der Waals surface area contributed by atoms with E-state index in [1.807, 2.05) is 12.1 Å². The highest BCUT2D eigenvalue weighted by Gasteiger charge is 2.32. The molecule has 0 amide bonds. The number of nitrogens with two attached hydrogens (primary N) is 1. The molecule has 2 N–H and O–H groups in total. The van der Waals surface area contributed by atoms with Crippen LogP contribution in [0.1, 0.15) is 36.1 Å². The second kappa shape index (κ2) is 6.49. The highest BCUT2D eigenvalue weighted by Crippen LogP contribution is 2.29. The molecule has 0 radical (unpaired) electrons. The van der Waals surface area contributed by atoms with Crippen molar-refractivity contribution in [1.29, 1.82) is 10.5 Å². The van der Waals surface area contributed by atoms with Gasteiger partial charge >= 0.3 is 0 Å². The van der Waals surface area contributed by atoms with E-state index in [-0.39, 0.29) is 12.0 Å². The predicted molar refractivity (Wildman–Crippen MR) is 72.8 cm³/mol. The molecule has 0 bridgehead atoms. The van der Waals surface area contributed by atoms with Crippen molar-refractivity contribution in [2.45, 2.75) is 24.7 Å². The molecule has 2 atom stereocenters. The van der Waals surface area contributed by atoms with Gasteiger partial charge in [0.15, 0.2) is 0 Å². The molecule has 0 aromatic heterocycles.